The van der Waals surface area contributed by atoms with Crippen molar-refractivity contribution in [2.24, 2.45) is 0 Å². The van der Waals surface area contributed by atoms with E-state index in [1.165, 1.54) is 32.9 Å². The normalized spacial score (nSPS) is 11.7. The minimum atomic E-state index is -2.72. The molecule has 11 aromatic rings. The topological polar surface area (TPSA) is 20.8 Å². The first kappa shape index (κ1) is 36.4. The predicted octanol–water partition coefficient (Wildman–Crippen LogP) is 12.2. The van der Waals surface area contributed by atoms with Crippen LogP contribution in [-0.4, -0.2) is 12.5 Å². The Balaban J connectivity index is 1.04. The largest absolute Gasteiger partial charge is 0.438 e. The van der Waals surface area contributed by atoms with Crippen LogP contribution in [0, 0.1) is 5.82 Å². The third kappa shape index (κ3) is 6.09. The van der Waals surface area contributed by atoms with Gasteiger partial charge in [-0.15, -0.1) is 0 Å². The van der Waals surface area contributed by atoms with Crippen LogP contribution in [0.25, 0.3) is 50.0 Å². The molecule has 3 nitrogen and oxygen atoms in total. The Bertz CT molecular complexity index is 3180. The van der Waals surface area contributed by atoms with Crippen LogP contribution in [0.4, 0.5) is 21.5 Å². The maximum Gasteiger partial charge on any atom is 0.213 e. The first-order chi connectivity index (χ1) is 30.2. The minimum Gasteiger partial charge on any atom is -0.438 e. The highest BCUT2D eigenvalue weighted by Crippen LogP contribution is 2.42. The fourth-order valence-corrected chi connectivity index (χ4v) is 14.1. The van der Waals surface area contributed by atoms with Crippen LogP contribution in [0.3, 0.4) is 0 Å². The number of nitrogens with zero attached hydrogens (tertiary/aromatic N) is 2. The van der Waals surface area contributed by atoms with E-state index in [1.807, 2.05) is 18.2 Å². The van der Waals surface area contributed by atoms with E-state index in [1.54, 1.807) is 0 Å². The molecule has 11 rings (SSSR count). The van der Waals surface area contributed by atoms with Gasteiger partial charge in [-0.05, 0) is 92.5 Å². The highest BCUT2D eigenvalue weighted by atomic mass is 28.3. The molecule has 61 heavy (non-hydrogen) atoms. The van der Waals surface area contributed by atoms with Crippen LogP contribution in [0.1, 0.15) is 0 Å². The molecule has 0 saturated heterocycles. The molecule has 0 aliphatic rings. The van der Waals surface area contributed by atoms with Crippen LogP contribution in [0.5, 0.6) is 0 Å². The van der Waals surface area contributed by atoms with Crippen LogP contribution in [0.15, 0.2) is 241 Å². The van der Waals surface area contributed by atoms with E-state index in [-0.39, 0.29) is 5.82 Å². The molecule has 0 saturated carbocycles. The number of hydrogen-bond acceptors (Lipinski definition) is 2. The smallest absolute Gasteiger partial charge is 0.213 e. The third-order valence-corrected chi connectivity index (χ3v) is 16.8. The SMILES string of the molecule is Fc1ccc(N(c2ccc(-c3cccc4oc5c(-c6ccccc6)c6ccccc6n5c34)cc2)c2ccc([Si](c3ccccc3)(c3ccccc3)c3ccccc3)cc2)cc1. The monoisotopic (exact) mass is 802 g/mol. The lowest BCUT2D eigenvalue weighted by Crippen LogP contribution is -2.74. The van der Waals surface area contributed by atoms with Crippen LogP contribution in [0.2, 0.25) is 0 Å². The second-order valence-corrected chi connectivity index (χ2v) is 19.2. The maximum atomic E-state index is 14.4. The van der Waals surface area contributed by atoms with Gasteiger partial charge in [-0.2, -0.15) is 0 Å². The van der Waals surface area contributed by atoms with Crippen molar-refractivity contribution >= 4 is 73.6 Å². The van der Waals surface area contributed by atoms with Gasteiger partial charge in [0, 0.05) is 28.0 Å². The van der Waals surface area contributed by atoms with E-state index in [4.69, 9.17) is 4.42 Å². The van der Waals surface area contributed by atoms with E-state index >= 15 is 0 Å². The van der Waals surface area contributed by atoms with Gasteiger partial charge in [0.25, 0.3) is 0 Å². The van der Waals surface area contributed by atoms with Crippen molar-refractivity contribution < 1.29 is 8.81 Å². The fraction of sp³-hybridized carbons (Fsp3) is 0. The lowest BCUT2D eigenvalue weighted by molar-refractivity contribution is 0.628. The van der Waals surface area contributed by atoms with Crippen molar-refractivity contribution in [3.8, 4) is 22.3 Å². The van der Waals surface area contributed by atoms with Gasteiger partial charge in [-0.3, -0.25) is 4.40 Å². The molecule has 2 heterocycles. The number of fused-ring (bicyclic) bond motifs is 5. The van der Waals surface area contributed by atoms with Gasteiger partial charge >= 0.3 is 0 Å². The van der Waals surface area contributed by atoms with Crippen molar-refractivity contribution in [3.05, 3.63) is 242 Å². The zero-order valence-electron chi connectivity index (χ0n) is 33.2. The molecule has 9 aromatic carbocycles. The number of benzene rings is 9. The van der Waals surface area contributed by atoms with Gasteiger partial charge in [0.1, 0.15) is 5.82 Å². The lowest BCUT2D eigenvalue weighted by Gasteiger charge is -2.35. The average molecular weight is 803 g/mol. The summed E-state index contributed by atoms with van der Waals surface area (Å²) < 4.78 is 23.4. The van der Waals surface area contributed by atoms with E-state index < -0.39 is 8.07 Å². The molecule has 0 N–H and O–H groups in total. The molecule has 2 aromatic heterocycles. The molecule has 0 amide bonds. The molecular formula is C56H39FN2OSi. The maximum absolute atomic E-state index is 14.4. The Morgan fingerprint density at radius 2 is 0.885 bits per heavy atom. The van der Waals surface area contributed by atoms with Gasteiger partial charge < -0.3 is 9.32 Å². The van der Waals surface area contributed by atoms with Crippen molar-refractivity contribution in [2.75, 3.05) is 4.90 Å². The summed E-state index contributed by atoms with van der Waals surface area (Å²) >= 11 is 0. The van der Waals surface area contributed by atoms with Crippen LogP contribution in [-0.2, 0) is 0 Å². The highest BCUT2D eigenvalue weighted by Gasteiger charge is 2.41. The predicted molar refractivity (Wildman–Crippen MR) is 254 cm³/mol. The van der Waals surface area contributed by atoms with Crippen molar-refractivity contribution in [1.82, 2.24) is 4.40 Å². The van der Waals surface area contributed by atoms with Crippen molar-refractivity contribution in [3.63, 3.8) is 0 Å². The summed E-state index contributed by atoms with van der Waals surface area (Å²) in [5.74, 6) is -0.272. The Hall–Kier alpha value is -7.73. The van der Waals surface area contributed by atoms with E-state index in [0.29, 0.717) is 0 Å². The second kappa shape index (κ2) is 15.1. The first-order valence-electron chi connectivity index (χ1n) is 20.6. The first-order valence-corrected chi connectivity index (χ1v) is 22.6. The van der Waals surface area contributed by atoms with Gasteiger partial charge in [-0.25, -0.2) is 4.39 Å². The lowest BCUT2D eigenvalue weighted by atomic mass is 10.0. The second-order valence-electron chi connectivity index (χ2n) is 15.4. The molecule has 0 aliphatic heterocycles. The van der Waals surface area contributed by atoms with Crippen LogP contribution < -0.4 is 25.6 Å². The van der Waals surface area contributed by atoms with E-state index in [9.17, 15) is 4.39 Å². The average Bonchev–Trinajstić information content (AvgIpc) is 3.87. The highest BCUT2D eigenvalue weighted by molar-refractivity contribution is 7.19. The summed E-state index contributed by atoms with van der Waals surface area (Å²) in [6.07, 6.45) is 0. The number of hydrogen-bond donors (Lipinski definition) is 0. The summed E-state index contributed by atoms with van der Waals surface area (Å²) in [7, 11) is -2.72. The molecule has 0 radical (unpaired) electrons. The zero-order chi connectivity index (χ0) is 40.8. The molecule has 0 bridgehead atoms. The summed E-state index contributed by atoms with van der Waals surface area (Å²) in [5.41, 5.74) is 10.9. The Morgan fingerprint density at radius 3 is 1.46 bits per heavy atom. The number of halogens is 1. The molecule has 0 fully saturated rings. The summed E-state index contributed by atoms with van der Waals surface area (Å²) in [6.45, 7) is 0. The molecular weight excluding hydrogens is 764 g/mol. The number of rotatable bonds is 9. The van der Waals surface area contributed by atoms with Crippen molar-refractivity contribution in [2.45, 2.75) is 0 Å². The van der Waals surface area contributed by atoms with Gasteiger partial charge in [0.05, 0.1) is 16.6 Å². The molecule has 0 unspecified atom stereocenters. The molecule has 5 heteroatoms. The van der Waals surface area contributed by atoms with Crippen LogP contribution >= 0.6 is 0 Å². The summed E-state index contributed by atoms with van der Waals surface area (Å²) in [5, 5.41) is 6.39. The summed E-state index contributed by atoms with van der Waals surface area (Å²) in [4.78, 5) is 2.20. The van der Waals surface area contributed by atoms with Gasteiger partial charge in [0.2, 0.25) is 5.71 Å². The molecule has 290 valence electrons. The van der Waals surface area contributed by atoms with E-state index in [0.717, 1.165) is 67.0 Å². The number of anilines is 3. The van der Waals surface area contributed by atoms with Crippen molar-refractivity contribution in [1.29, 1.82) is 0 Å². The van der Waals surface area contributed by atoms with E-state index in [2.05, 4.69) is 216 Å². The van der Waals surface area contributed by atoms with Gasteiger partial charge in [0.15, 0.2) is 13.7 Å². The Labute approximate surface area is 354 Å². The number of para-hydroxylation sites is 2. The van der Waals surface area contributed by atoms with Gasteiger partial charge in [-0.1, -0.05) is 176 Å². The molecule has 0 spiro atoms. The zero-order valence-corrected chi connectivity index (χ0v) is 34.2. The standard InChI is InChI=1S/C56H39FN2OSi/c57-42-30-34-44(35-31-42)58(45-36-38-49(39-37-45)61(46-18-7-2-8-19-46,47-20-9-3-10-21-47)48-22-11-4-12-23-48)43-32-28-40(29-33-43)50-25-15-27-53-55(50)59-52-26-14-13-24-51(52)54(56(59)60-53)41-16-5-1-6-17-41/h1-39H. The molecule has 0 atom stereocenters. The number of aromatic nitrogens is 1. The summed E-state index contributed by atoms with van der Waals surface area (Å²) in [6, 6.07) is 82.6. The molecule has 0 aliphatic carbocycles. The minimum absolute atomic E-state index is 0.272. The third-order valence-electron chi connectivity index (χ3n) is 12.0. The fourth-order valence-electron chi connectivity index (χ4n) is 9.34. The number of oxazole rings is 1. The Kier molecular flexibility index (Phi) is 9.02. The Morgan fingerprint density at radius 1 is 0.410 bits per heavy atom. The quantitative estimate of drug-likeness (QED) is 0.107.